The third-order valence-electron chi connectivity index (χ3n) is 7.55. The Bertz CT molecular complexity index is 1460. The molecule has 0 radical (unpaired) electrons. The highest BCUT2D eigenvalue weighted by atomic mass is 35.5. The highest BCUT2D eigenvalue weighted by Gasteiger charge is 2.34. The molecular weight excluding hydrogens is 558 g/mol. The predicted octanol–water partition coefficient (Wildman–Crippen LogP) is 5.42. The van der Waals surface area contributed by atoms with Crippen molar-refractivity contribution in [2.75, 3.05) is 17.1 Å². The quantitative estimate of drug-likeness (QED) is 0.321. The Morgan fingerprint density at radius 3 is 2.22 bits per heavy atom. The molecule has 0 bridgehead atoms. The van der Waals surface area contributed by atoms with E-state index in [2.05, 4.69) is 5.32 Å². The Balaban J connectivity index is 1.73. The van der Waals surface area contributed by atoms with Crippen LogP contribution >= 0.6 is 11.6 Å². The molecule has 41 heavy (non-hydrogen) atoms. The number of hydrogen-bond donors (Lipinski definition) is 1. The third-order valence-corrected chi connectivity index (χ3v) is 8.91. The molecule has 1 aliphatic rings. The van der Waals surface area contributed by atoms with Gasteiger partial charge in [-0.25, -0.2) is 8.42 Å². The largest absolute Gasteiger partial charge is 0.352 e. The Kier molecular flexibility index (Phi) is 10.1. The molecular formula is C32H38ClN3O4S. The van der Waals surface area contributed by atoms with Crippen LogP contribution in [0.3, 0.4) is 0 Å². The van der Waals surface area contributed by atoms with Crippen molar-refractivity contribution in [1.82, 2.24) is 10.2 Å². The van der Waals surface area contributed by atoms with E-state index >= 15 is 0 Å². The highest BCUT2D eigenvalue weighted by molar-refractivity contribution is 7.92. The molecule has 1 aliphatic carbocycles. The van der Waals surface area contributed by atoms with Crippen molar-refractivity contribution in [3.63, 3.8) is 0 Å². The summed E-state index contributed by atoms with van der Waals surface area (Å²) < 4.78 is 27.1. The zero-order chi connectivity index (χ0) is 29.6. The maximum Gasteiger partial charge on any atom is 0.244 e. The number of carbonyl (C=O) groups is 2. The number of nitrogens with zero attached hydrogens (tertiary/aromatic N) is 2. The van der Waals surface area contributed by atoms with Gasteiger partial charge in [0.1, 0.15) is 12.6 Å². The molecule has 0 aromatic heterocycles. The van der Waals surface area contributed by atoms with Gasteiger partial charge in [-0.3, -0.25) is 13.9 Å². The van der Waals surface area contributed by atoms with E-state index < -0.39 is 28.5 Å². The van der Waals surface area contributed by atoms with Crippen LogP contribution < -0.4 is 9.62 Å². The molecule has 3 aromatic carbocycles. The number of nitrogens with one attached hydrogen (secondary N) is 1. The van der Waals surface area contributed by atoms with Crippen LogP contribution in [0.4, 0.5) is 5.69 Å². The lowest BCUT2D eigenvalue weighted by molar-refractivity contribution is -0.140. The van der Waals surface area contributed by atoms with Crippen LogP contribution in [-0.2, 0) is 32.6 Å². The highest BCUT2D eigenvalue weighted by Crippen LogP contribution is 2.27. The standard InChI is InChI=1S/C32H38ClN3O4S/c1-23-13-15-26(16-14-23)21-35(31(37)22-36(41(3,39)40)29-18-17-27(33)19-24(29)2)30(20-25-9-5-4-6-10-25)32(38)34-28-11-7-8-12-28/h4-6,9-10,13-19,28,30H,7-8,11-12,20-22H2,1-3H3,(H,34,38)/t30-/m0/s1. The van der Waals surface area contributed by atoms with Gasteiger partial charge in [0.25, 0.3) is 0 Å². The number of rotatable bonds is 11. The van der Waals surface area contributed by atoms with E-state index in [4.69, 9.17) is 11.6 Å². The van der Waals surface area contributed by atoms with Gasteiger partial charge in [-0.15, -0.1) is 0 Å². The smallest absolute Gasteiger partial charge is 0.244 e. The predicted molar refractivity (Wildman–Crippen MR) is 164 cm³/mol. The van der Waals surface area contributed by atoms with Crippen molar-refractivity contribution in [2.45, 2.75) is 64.6 Å². The van der Waals surface area contributed by atoms with E-state index in [1.165, 1.54) is 4.90 Å². The normalized spacial score (nSPS) is 14.4. The Morgan fingerprint density at radius 1 is 0.951 bits per heavy atom. The van der Waals surface area contributed by atoms with Crippen molar-refractivity contribution in [2.24, 2.45) is 0 Å². The fourth-order valence-electron chi connectivity index (χ4n) is 5.31. The number of anilines is 1. The van der Waals surface area contributed by atoms with Crippen molar-refractivity contribution in [3.05, 3.63) is 100 Å². The lowest BCUT2D eigenvalue weighted by Gasteiger charge is -2.34. The average molecular weight is 596 g/mol. The molecule has 2 amide bonds. The summed E-state index contributed by atoms with van der Waals surface area (Å²) in [5.41, 5.74) is 3.84. The van der Waals surface area contributed by atoms with Crippen molar-refractivity contribution in [3.8, 4) is 0 Å². The number of halogens is 1. The van der Waals surface area contributed by atoms with E-state index in [9.17, 15) is 18.0 Å². The topological polar surface area (TPSA) is 86.8 Å². The minimum absolute atomic E-state index is 0.0707. The third kappa shape index (κ3) is 8.33. The Hall–Kier alpha value is -3.36. The first-order valence-electron chi connectivity index (χ1n) is 13.9. The molecule has 0 aliphatic heterocycles. The maximum atomic E-state index is 14.2. The second-order valence-corrected chi connectivity index (χ2v) is 13.2. The fourth-order valence-corrected chi connectivity index (χ4v) is 6.44. The summed E-state index contributed by atoms with van der Waals surface area (Å²) in [6.07, 6.45) is 5.32. The van der Waals surface area contributed by atoms with Gasteiger partial charge in [-0.2, -0.15) is 0 Å². The molecule has 7 nitrogen and oxygen atoms in total. The first kappa shape index (κ1) is 30.6. The van der Waals surface area contributed by atoms with Crippen LogP contribution in [0.1, 0.15) is 47.9 Å². The molecule has 1 saturated carbocycles. The van der Waals surface area contributed by atoms with E-state index in [-0.39, 0.29) is 18.5 Å². The first-order chi connectivity index (χ1) is 19.5. The molecule has 4 rings (SSSR count). The number of carbonyl (C=O) groups excluding carboxylic acids is 2. The molecule has 0 heterocycles. The van der Waals surface area contributed by atoms with E-state index in [1.54, 1.807) is 25.1 Å². The minimum Gasteiger partial charge on any atom is -0.352 e. The van der Waals surface area contributed by atoms with E-state index in [0.717, 1.165) is 52.9 Å². The zero-order valence-electron chi connectivity index (χ0n) is 23.8. The zero-order valence-corrected chi connectivity index (χ0v) is 25.4. The summed E-state index contributed by atoms with van der Waals surface area (Å²) in [5, 5.41) is 3.65. The van der Waals surface area contributed by atoms with E-state index in [1.807, 2.05) is 61.5 Å². The molecule has 0 unspecified atom stereocenters. The second-order valence-electron chi connectivity index (χ2n) is 10.9. The molecule has 0 spiro atoms. The number of aryl methyl sites for hydroxylation is 2. The minimum atomic E-state index is -3.84. The van der Waals surface area contributed by atoms with Gasteiger partial charge in [0.05, 0.1) is 11.9 Å². The fraction of sp³-hybridized carbons (Fsp3) is 0.375. The van der Waals surface area contributed by atoms with Gasteiger partial charge < -0.3 is 10.2 Å². The van der Waals surface area contributed by atoms with Crippen LogP contribution in [0.5, 0.6) is 0 Å². The number of benzene rings is 3. The van der Waals surface area contributed by atoms with Crippen molar-refractivity contribution >= 4 is 39.1 Å². The van der Waals surface area contributed by atoms with Gasteiger partial charge in [-0.1, -0.05) is 84.6 Å². The summed E-state index contributed by atoms with van der Waals surface area (Å²) in [4.78, 5) is 29.6. The van der Waals surface area contributed by atoms with Crippen molar-refractivity contribution < 1.29 is 18.0 Å². The van der Waals surface area contributed by atoms with E-state index in [0.29, 0.717) is 22.7 Å². The van der Waals surface area contributed by atoms with Crippen LogP contribution in [0.2, 0.25) is 5.02 Å². The van der Waals surface area contributed by atoms with Gasteiger partial charge in [0.15, 0.2) is 0 Å². The summed E-state index contributed by atoms with van der Waals surface area (Å²) >= 11 is 6.13. The van der Waals surface area contributed by atoms with Gasteiger partial charge in [0.2, 0.25) is 21.8 Å². The van der Waals surface area contributed by atoms with Crippen LogP contribution in [0.15, 0.2) is 72.8 Å². The first-order valence-corrected chi connectivity index (χ1v) is 16.2. The summed E-state index contributed by atoms with van der Waals surface area (Å²) in [6, 6.07) is 21.5. The Labute approximate surface area is 248 Å². The van der Waals surface area contributed by atoms with Crippen molar-refractivity contribution in [1.29, 1.82) is 0 Å². The maximum absolute atomic E-state index is 14.2. The second kappa shape index (κ2) is 13.5. The number of hydrogen-bond acceptors (Lipinski definition) is 4. The van der Waals surface area contributed by atoms with Crippen LogP contribution in [0.25, 0.3) is 0 Å². The van der Waals surface area contributed by atoms with Gasteiger partial charge in [-0.05, 0) is 61.6 Å². The molecule has 1 N–H and O–H groups in total. The Morgan fingerprint density at radius 2 is 1.61 bits per heavy atom. The van der Waals surface area contributed by atoms with Gasteiger partial charge >= 0.3 is 0 Å². The number of amides is 2. The molecule has 1 atom stereocenters. The monoisotopic (exact) mass is 595 g/mol. The molecule has 1 fully saturated rings. The lowest BCUT2D eigenvalue weighted by atomic mass is 10.0. The molecule has 3 aromatic rings. The average Bonchev–Trinajstić information content (AvgIpc) is 3.43. The van der Waals surface area contributed by atoms with Gasteiger partial charge in [0, 0.05) is 24.0 Å². The number of sulfonamides is 1. The summed E-state index contributed by atoms with van der Waals surface area (Å²) in [6.45, 7) is 3.45. The SMILES string of the molecule is Cc1ccc(CN(C(=O)CN(c2ccc(Cl)cc2C)S(C)(=O)=O)[C@@H](Cc2ccccc2)C(=O)NC2CCCC2)cc1. The van der Waals surface area contributed by atoms with Crippen LogP contribution in [0, 0.1) is 13.8 Å². The molecule has 218 valence electrons. The summed E-state index contributed by atoms with van der Waals surface area (Å²) in [7, 11) is -3.84. The summed E-state index contributed by atoms with van der Waals surface area (Å²) in [5.74, 6) is -0.692. The van der Waals surface area contributed by atoms with Crippen LogP contribution in [-0.4, -0.2) is 50.0 Å². The molecule has 0 saturated heterocycles. The molecule has 9 heteroatoms. The lowest BCUT2D eigenvalue weighted by Crippen LogP contribution is -2.54.